The number of H-pyrrole nitrogens is 1. The van der Waals surface area contributed by atoms with E-state index in [2.05, 4.69) is 25.6 Å². The first-order chi connectivity index (χ1) is 6.27. The minimum atomic E-state index is -0.270. The fourth-order valence-corrected chi connectivity index (χ4v) is 0.827. The highest BCUT2D eigenvalue weighted by Crippen LogP contribution is 2.15. The molecule has 0 aromatic carbocycles. The van der Waals surface area contributed by atoms with Crippen LogP contribution in [0, 0.1) is 0 Å². The van der Waals surface area contributed by atoms with E-state index in [1.807, 2.05) is 0 Å². The molecule has 7 heteroatoms. The lowest BCUT2D eigenvalue weighted by Crippen LogP contribution is -2.04. The lowest BCUT2D eigenvalue weighted by Gasteiger charge is -1.93. The van der Waals surface area contributed by atoms with Crippen LogP contribution in [0.1, 0.15) is 18.9 Å². The maximum Gasteiger partial charge on any atom is 0.269 e. The molecule has 0 saturated carbocycles. The van der Waals surface area contributed by atoms with Gasteiger partial charge in [0, 0.05) is 0 Å². The van der Waals surface area contributed by atoms with Crippen LogP contribution in [0.5, 0.6) is 0 Å². The highest BCUT2D eigenvalue weighted by Gasteiger charge is 2.12. The highest BCUT2D eigenvalue weighted by atomic mass is 16.4. The lowest BCUT2D eigenvalue weighted by atomic mass is 10.4. The van der Waals surface area contributed by atoms with E-state index in [9.17, 15) is 0 Å². The van der Waals surface area contributed by atoms with Gasteiger partial charge in [0.2, 0.25) is 5.89 Å². The summed E-state index contributed by atoms with van der Waals surface area (Å²) in [4.78, 5) is 0. The van der Waals surface area contributed by atoms with Crippen molar-refractivity contribution in [1.29, 1.82) is 0 Å². The van der Waals surface area contributed by atoms with Crippen LogP contribution in [0.15, 0.2) is 10.6 Å². The van der Waals surface area contributed by atoms with E-state index in [1.165, 1.54) is 6.20 Å². The Labute approximate surface area is 73.3 Å². The van der Waals surface area contributed by atoms with Gasteiger partial charge in [0.15, 0.2) is 5.69 Å². The summed E-state index contributed by atoms with van der Waals surface area (Å²) in [5, 5.41) is 17.4. The van der Waals surface area contributed by atoms with Crippen molar-refractivity contribution in [3.8, 4) is 11.6 Å². The molecule has 0 aliphatic heterocycles. The number of nitrogens with one attached hydrogen (secondary N) is 1. The zero-order valence-electron chi connectivity index (χ0n) is 6.93. The van der Waals surface area contributed by atoms with Crippen LogP contribution in [-0.2, 0) is 0 Å². The normalized spacial score (nSPS) is 13.1. The number of hydrogen-bond donors (Lipinski definition) is 2. The average molecular weight is 180 g/mol. The molecule has 0 aliphatic rings. The molecular formula is C6H8N6O. The Hall–Kier alpha value is -1.76. The van der Waals surface area contributed by atoms with Crippen molar-refractivity contribution in [2.24, 2.45) is 5.73 Å². The number of nitrogens with two attached hydrogens (primary N) is 1. The van der Waals surface area contributed by atoms with Gasteiger partial charge in [-0.05, 0) is 6.92 Å². The Morgan fingerprint density at radius 2 is 2.38 bits per heavy atom. The van der Waals surface area contributed by atoms with Gasteiger partial charge in [-0.1, -0.05) is 0 Å². The number of aromatic nitrogens is 5. The van der Waals surface area contributed by atoms with Gasteiger partial charge >= 0.3 is 0 Å². The molecule has 2 heterocycles. The maximum absolute atomic E-state index is 5.54. The number of aromatic amines is 1. The van der Waals surface area contributed by atoms with Crippen LogP contribution < -0.4 is 5.73 Å². The third kappa shape index (κ3) is 1.41. The molecule has 0 amide bonds. The summed E-state index contributed by atoms with van der Waals surface area (Å²) in [6.07, 6.45) is 1.50. The van der Waals surface area contributed by atoms with Crippen molar-refractivity contribution in [3.63, 3.8) is 0 Å². The van der Waals surface area contributed by atoms with E-state index in [4.69, 9.17) is 10.2 Å². The first kappa shape index (κ1) is 7.87. The summed E-state index contributed by atoms with van der Waals surface area (Å²) in [6.45, 7) is 1.76. The van der Waals surface area contributed by atoms with Crippen molar-refractivity contribution >= 4 is 0 Å². The molecule has 0 bridgehead atoms. The van der Waals surface area contributed by atoms with Gasteiger partial charge in [-0.2, -0.15) is 15.4 Å². The highest BCUT2D eigenvalue weighted by molar-refractivity contribution is 5.42. The molecule has 2 aromatic heterocycles. The van der Waals surface area contributed by atoms with Gasteiger partial charge in [-0.25, -0.2) is 0 Å². The fourth-order valence-electron chi connectivity index (χ4n) is 0.827. The van der Waals surface area contributed by atoms with Gasteiger partial charge < -0.3 is 10.2 Å². The molecule has 0 radical (unpaired) electrons. The van der Waals surface area contributed by atoms with Gasteiger partial charge in [0.1, 0.15) is 0 Å². The molecule has 0 spiro atoms. The van der Waals surface area contributed by atoms with E-state index in [0.29, 0.717) is 17.5 Å². The molecule has 13 heavy (non-hydrogen) atoms. The second-order valence-corrected chi connectivity index (χ2v) is 2.59. The number of hydrogen-bond acceptors (Lipinski definition) is 6. The average Bonchev–Trinajstić information content (AvgIpc) is 2.75. The number of rotatable bonds is 2. The zero-order chi connectivity index (χ0) is 9.26. The van der Waals surface area contributed by atoms with Crippen molar-refractivity contribution in [1.82, 2.24) is 25.6 Å². The molecule has 7 nitrogen and oxygen atoms in total. The van der Waals surface area contributed by atoms with Gasteiger partial charge in [0.05, 0.1) is 12.2 Å². The Morgan fingerprint density at radius 3 is 2.92 bits per heavy atom. The van der Waals surface area contributed by atoms with Crippen molar-refractivity contribution < 1.29 is 4.42 Å². The molecular weight excluding hydrogens is 172 g/mol. The second-order valence-electron chi connectivity index (χ2n) is 2.59. The third-order valence-electron chi connectivity index (χ3n) is 1.46. The number of nitrogens with zero attached hydrogens (tertiary/aromatic N) is 4. The molecule has 2 rings (SSSR count). The summed E-state index contributed by atoms with van der Waals surface area (Å²) in [7, 11) is 0. The monoisotopic (exact) mass is 180 g/mol. The smallest absolute Gasteiger partial charge is 0.269 e. The molecule has 1 atom stereocenters. The molecule has 0 aliphatic carbocycles. The first-order valence-corrected chi connectivity index (χ1v) is 3.72. The zero-order valence-corrected chi connectivity index (χ0v) is 6.93. The van der Waals surface area contributed by atoms with Gasteiger partial charge in [-0.15, -0.1) is 10.2 Å². The van der Waals surface area contributed by atoms with Crippen LogP contribution in [-0.4, -0.2) is 25.6 Å². The fraction of sp³-hybridized carbons (Fsp3) is 0.333. The van der Waals surface area contributed by atoms with E-state index < -0.39 is 0 Å². The van der Waals surface area contributed by atoms with Gasteiger partial charge in [-0.3, -0.25) is 0 Å². The lowest BCUT2D eigenvalue weighted by molar-refractivity contribution is 0.472. The van der Waals surface area contributed by atoms with Crippen molar-refractivity contribution in [3.05, 3.63) is 12.1 Å². The summed E-state index contributed by atoms with van der Waals surface area (Å²) in [5.74, 6) is 0.707. The van der Waals surface area contributed by atoms with Crippen LogP contribution in [0.4, 0.5) is 0 Å². The summed E-state index contributed by atoms with van der Waals surface area (Å²) < 4.78 is 5.22. The SMILES string of the molecule is CC(N)c1nnc(-c2cn[nH]n2)o1. The minimum Gasteiger partial charge on any atom is -0.417 e. The summed E-state index contributed by atoms with van der Waals surface area (Å²) in [5.41, 5.74) is 6.05. The van der Waals surface area contributed by atoms with Crippen LogP contribution in [0.25, 0.3) is 11.6 Å². The van der Waals surface area contributed by atoms with E-state index in [-0.39, 0.29) is 6.04 Å². The second kappa shape index (κ2) is 2.94. The molecule has 1 unspecified atom stereocenters. The minimum absolute atomic E-state index is 0.270. The molecule has 2 aromatic rings. The predicted molar refractivity (Wildman–Crippen MR) is 42.3 cm³/mol. The van der Waals surface area contributed by atoms with Gasteiger partial charge in [0.25, 0.3) is 5.89 Å². The summed E-state index contributed by atoms with van der Waals surface area (Å²) >= 11 is 0. The Morgan fingerprint density at radius 1 is 1.54 bits per heavy atom. The molecule has 68 valence electrons. The predicted octanol–water partition coefficient (Wildman–Crippen LogP) is -0.126. The Bertz CT molecular complexity index is 377. The first-order valence-electron chi connectivity index (χ1n) is 3.72. The van der Waals surface area contributed by atoms with Crippen molar-refractivity contribution in [2.45, 2.75) is 13.0 Å². The van der Waals surface area contributed by atoms with Crippen LogP contribution in [0.2, 0.25) is 0 Å². The van der Waals surface area contributed by atoms with Crippen LogP contribution >= 0.6 is 0 Å². The molecule has 3 N–H and O–H groups in total. The standard InChI is InChI=1S/C6H8N6O/c1-3(7)5-10-11-6(13-5)4-2-8-12-9-4/h2-3H,7H2,1H3,(H,8,9,12). The van der Waals surface area contributed by atoms with E-state index >= 15 is 0 Å². The van der Waals surface area contributed by atoms with Crippen LogP contribution in [0.3, 0.4) is 0 Å². The Balaban J connectivity index is 2.33. The van der Waals surface area contributed by atoms with Crippen molar-refractivity contribution in [2.75, 3.05) is 0 Å². The largest absolute Gasteiger partial charge is 0.417 e. The maximum atomic E-state index is 5.54. The third-order valence-corrected chi connectivity index (χ3v) is 1.46. The van der Waals surface area contributed by atoms with E-state index in [1.54, 1.807) is 6.92 Å². The molecule has 0 fully saturated rings. The summed E-state index contributed by atoms with van der Waals surface area (Å²) in [6, 6.07) is -0.270. The quantitative estimate of drug-likeness (QED) is 0.666. The topological polar surface area (TPSA) is 107 Å². The molecule has 0 saturated heterocycles. The van der Waals surface area contributed by atoms with E-state index in [0.717, 1.165) is 0 Å². The Kier molecular flexibility index (Phi) is 1.78.